The van der Waals surface area contributed by atoms with Crippen LogP contribution in [0.3, 0.4) is 0 Å². The summed E-state index contributed by atoms with van der Waals surface area (Å²) < 4.78 is 21.9. The molecule has 8 heteroatoms. The molecule has 176 valence electrons. The number of carbonyl (C=O) groups is 2. The summed E-state index contributed by atoms with van der Waals surface area (Å²) in [5.41, 5.74) is 0. The summed E-state index contributed by atoms with van der Waals surface area (Å²) in [6, 6.07) is 1.06. The van der Waals surface area contributed by atoms with Gasteiger partial charge < -0.3 is 18.3 Å². The van der Waals surface area contributed by atoms with Crippen LogP contribution >= 0.6 is 0 Å². The van der Waals surface area contributed by atoms with Gasteiger partial charge in [0.25, 0.3) is 0 Å². The number of rotatable bonds is 18. The molecule has 0 aromatic heterocycles. The molecule has 0 spiro atoms. The fourth-order valence-electron chi connectivity index (χ4n) is 3.07. The van der Waals surface area contributed by atoms with E-state index < -0.39 is 28.6 Å². The lowest BCUT2D eigenvalue weighted by atomic mass is 10.1. The van der Waals surface area contributed by atoms with Gasteiger partial charge in [-0.15, -0.1) is 0 Å². The predicted octanol–water partition coefficient (Wildman–Crippen LogP) is 5.45. The second-order valence-electron chi connectivity index (χ2n) is 9.13. The van der Waals surface area contributed by atoms with Gasteiger partial charge in [0.1, 0.15) is 6.61 Å². The molecule has 0 atom stereocenters. The van der Waals surface area contributed by atoms with Crippen molar-refractivity contribution in [2.75, 3.05) is 26.4 Å². The lowest BCUT2D eigenvalue weighted by molar-refractivity contribution is -0.141. The third-order valence-corrected chi connectivity index (χ3v) is 10.4. The molecule has 0 aliphatic carbocycles. The Balaban J connectivity index is 3.67. The van der Waals surface area contributed by atoms with Crippen molar-refractivity contribution in [3.05, 3.63) is 12.2 Å². The standard InChI is InChI=1S/C22H44O6Si2/c1-7-8-9-10-11-12-17-26-21(23)14-15-22(24)27-19-18-25-16-13-20-30(5,6)28-29(2,3)4/h14-15H,7-13,16-20H2,1-6H3/b15-14+. The number of hydrogen-bond donors (Lipinski definition) is 0. The molecule has 0 fully saturated rings. The smallest absolute Gasteiger partial charge is 0.331 e. The van der Waals surface area contributed by atoms with E-state index in [1.165, 1.54) is 25.7 Å². The van der Waals surface area contributed by atoms with Crippen LogP contribution in [0, 0.1) is 0 Å². The topological polar surface area (TPSA) is 71.1 Å². The Labute approximate surface area is 185 Å². The van der Waals surface area contributed by atoms with Crippen molar-refractivity contribution < 1.29 is 27.9 Å². The molecular weight excluding hydrogens is 416 g/mol. The first kappa shape index (κ1) is 29.0. The van der Waals surface area contributed by atoms with Gasteiger partial charge in [0.2, 0.25) is 0 Å². The molecule has 0 saturated heterocycles. The van der Waals surface area contributed by atoms with Gasteiger partial charge in [0.05, 0.1) is 13.2 Å². The second kappa shape index (κ2) is 16.7. The zero-order valence-corrected chi connectivity index (χ0v) is 22.1. The van der Waals surface area contributed by atoms with Gasteiger partial charge in [-0.25, -0.2) is 9.59 Å². The summed E-state index contributed by atoms with van der Waals surface area (Å²) in [4.78, 5) is 23.2. The molecule has 0 bridgehead atoms. The Morgan fingerprint density at radius 3 is 1.87 bits per heavy atom. The average Bonchev–Trinajstić information content (AvgIpc) is 2.62. The quantitative estimate of drug-likeness (QED) is 0.117. The van der Waals surface area contributed by atoms with Crippen LogP contribution in [0.1, 0.15) is 51.9 Å². The van der Waals surface area contributed by atoms with Gasteiger partial charge >= 0.3 is 11.9 Å². The lowest BCUT2D eigenvalue weighted by Gasteiger charge is -2.31. The Bertz CT molecular complexity index is 500. The van der Waals surface area contributed by atoms with Crippen LogP contribution in [0.5, 0.6) is 0 Å². The zero-order chi connectivity index (χ0) is 22.9. The monoisotopic (exact) mass is 460 g/mol. The van der Waals surface area contributed by atoms with Crippen molar-refractivity contribution in [1.82, 2.24) is 0 Å². The van der Waals surface area contributed by atoms with Crippen molar-refractivity contribution in [3.8, 4) is 0 Å². The highest BCUT2D eigenvalue weighted by Crippen LogP contribution is 2.19. The summed E-state index contributed by atoms with van der Waals surface area (Å²) in [7, 11) is -3.12. The van der Waals surface area contributed by atoms with Gasteiger partial charge in [0, 0.05) is 18.8 Å². The number of esters is 2. The summed E-state index contributed by atoms with van der Waals surface area (Å²) in [6.07, 6.45) is 9.95. The molecule has 0 radical (unpaired) electrons. The van der Waals surface area contributed by atoms with Crippen molar-refractivity contribution >= 4 is 28.6 Å². The number of unbranched alkanes of at least 4 members (excludes halogenated alkanes) is 5. The van der Waals surface area contributed by atoms with Crippen LogP contribution < -0.4 is 0 Å². The van der Waals surface area contributed by atoms with Crippen LogP contribution in [-0.2, 0) is 27.9 Å². The highest BCUT2D eigenvalue weighted by Gasteiger charge is 2.28. The Morgan fingerprint density at radius 2 is 1.27 bits per heavy atom. The zero-order valence-electron chi connectivity index (χ0n) is 20.1. The van der Waals surface area contributed by atoms with Crippen LogP contribution in [0.25, 0.3) is 0 Å². The molecule has 0 aromatic rings. The van der Waals surface area contributed by atoms with E-state index in [9.17, 15) is 9.59 Å². The molecule has 0 aromatic carbocycles. The largest absolute Gasteiger partial charge is 0.463 e. The molecular formula is C22H44O6Si2. The average molecular weight is 461 g/mol. The number of ether oxygens (including phenoxy) is 3. The van der Waals surface area contributed by atoms with Crippen molar-refractivity contribution in [1.29, 1.82) is 0 Å². The van der Waals surface area contributed by atoms with Gasteiger partial charge in [0.15, 0.2) is 16.6 Å². The SMILES string of the molecule is CCCCCCCCOC(=O)/C=C/C(=O)OCCOCCC[Si](C)(C)O[Si](C)(C)C. The van der Waals surface area contributed by atoms with E-state index in [4.69, 9.17) is 18.3 Å². The molecule has 0 heterocycles. The van der Waals surface area contributed by atoms with Gasteiger partial charge in [-0.3, -0.25) is 0 Å². The van der Waals surface area contributed by atoms with Gasteiger partial charge in [-0.2, -0.15) is 0 Å². The Kier molecular flexibility index (Phi) is 16.2. The molecule has 0 N–H and O–H groups in total. The molecule has 0 amide bonds. The van der Waals surface area contributed by atoms with E-state index in [-0.39, 0.29) is 6.61 Å². The fraction of sp³-hybridized carbons (Fsp3) is 0.818. The number of hydrogen-bond acceptors (Lipinski definition) is 6. The van der Waals surface area contributed by atoms with Crippen LogP contribution in [0.15, 0.2) is 12.2 Å². The normalized spacial score (nSPS) is 12.3. The summed E-state index contributed by atoms with van der Waals surface area (Å²) in [5, 5.41) is 0. The highest BCUT2D eigenvalue weighted by molar-refractivity contribution is 6.84. The minimum absolute atomic E-state index is 0.169. The minimum Gasteiger partial charge on any atom is -0.463 e. The highest BCUT2D eigenvalue weighted by atomic mass is 28.4. The van der Waals surface area contributed by atoms with E-state index >= 15 is 0 Å². The molecule has 0 aliphatic heterocycles. The molecule has 0 aliphatic rings. The molecule has 0 unspecified atom stereocenters. The van der Waals surface area contributed by atoms with E-state index in [0.29, 0.717) is 19.8 Å². The van der Waals surface area contributed by atoms with Gasteiger partial charge in [-0.1, -0.05) is 39.0 Å². The number of carbonyl (C=O) groups excluding carboxylic acids is 2. The predicted molar refractivity (Wildman–Crippen MR) is 127 cm³/mol. The van der Waals surface area contributed by atoms with Crippen molar-refractivity contribution in [2.24, 2.45) is 0 Å². The first-order chi connectivity index (χ1) is 14.1. The van der Waals surface area contributed by atoms with E-state index in [1.54, 1.807) is 0 Å². The second-order valence-corrected chi connectivity index (χ2v) is 18.2. The Morgan fingerprint density at radius 1 is 0.700 bits per heavy atom. The van der Waals surface area contributed by atoms with Crippen molar-refractivity contribution in [3.63, 3.8) is 0 Å². The van der Waals surface area contributed by atoms with E-state index in [1.807, 2.05) is 0 Å². The maximum Gasteiger partial charge on any atom is 0.331 e. The Hall–Kier alpha value is -0.966. The maximum absolute atomic E-state index is 11.6. The first-order valence-electron chi connectivity index (χ1n) is 11.4. The van der Waals surface area contributed by atoms with Crippen LogP contribution in [0.2, 0.25) is 38.8 Å². The minimum atomic E-state index is -1.62. The third kappa shape index (κ3) is 20.3. The lowest BCUT2D eigenvalue weighted by Crippen LogP contribution is -2.42. The molecule has 6 nitrogen and oxygen atoms in total. The maximum atomic E-state index is 11.6. The fourth-order valence-corrected chi connectivity index (χ4v) is 11.1. The third-order valence-electron chi connectivity index (χ3n) is 4.22. The van der Waals surface area contributed by atoms with Gasteiger partial charge in [-0.05, 0) is 51.6 Å². The summed E-state index contributed by atoms with van der Waals surface area (Å²) in [6.45, 7) is 14.9. The van der Waals surface area contributed by atoms with Crippen LogP contribution in [-0.4, -0.2) is 55.0 Å². The van der Waals surface area contributed by atoms with E-state index in [2.05, 4.69) is 39.7 Å². The van der Waals surface area contributed by atoms with Crippen LogP contribution in [0.4, 0.5) is 0 Å². The summed E-state index contributed by atoms with van der Waals surface area (Å²) in [5.74, 6) is -1.07. The first-order valence-corrected chi connectivity index (χ1v) is 17.9. The summed E-state index contributed by atoms with van der Waals surface area (Å²) >= 11 is 0. The van der Waals surface area contributed by atoms with E-state index in [0.717, 1.165) is 37.5 Å². The molecule has 30 heavy (non-hydrogen) atoms. The molecule has 0 rings (SSSR count). The van der Waals surface area contributed by atoms with Crippen molar-refractivity contribution in [2.45, 2.75) is 90.6 Å². The molecule has 0 saturated carbocycles.